The second-order valence-electron chi connectivity index (χ2n) is 4.04. The van der Waals surface area contributed by atoms with Gasteiger partial charge in [-0.25, -0.2) is 8.42 Å². The van der Waals surface area contributed by atoms with Gasteiger partial charge in [0.2, 0.25) is 10.0 Å². The monoisotopic (exact) mass is 295 g/mol. The lowest BCUT2D eigenvalue weighted by molar-refractivity contribution is -0.137. The molecular formula is C11H12F3NO3S. The Hall–Kier alpha value is -1.12. The Morgan fingerprint density at radius 1 is 1.16 bits per heavy atom. The van der Waals surface area contributed by atoms with E-state index in [4.69, 9.17) is 4.74 Å². The number of nitrogens with zero attached hydrogens (tertiary/aromatic N) is 1. The minimum Gasteiger partial charge on any atom is -0.379 e. The Balaban J connectivity index is 2.35. The van der Waals surface area contributed by atoms with Crippen LogP contribution in [0.3, 0.4) is 0 Å². The van der Waals surface area contributed by atoms with Crippen LogP contribution in [0.15, 0.2) is 29.2 Å². The molecule has 0 saturated carbocycles. The zero-order valence-corrected chi connectivity index (χ0v) is 10.7. The van der Waals surface area contributed by atoms with Crippen LogP contribution in [0.4, 0.5) is 13.2 Å². The van der Waals surface area contributed by atoms with Gasteiger partial charge in [0.15, 0.2) is 0 Å². The first-order valence-electron chi connectivity index (χ1n) is 5.57. The molecule has 0 spiro atoms. The minimum absolute atomic E-state index is 0.151. The zero-order chi connectivity index (χ0) is 14.1. The first-order chi connectivity index (χ1) is 8.82. The second kappa shape index (κ2) is 5.10. The number of ether oxygens (including phenoxy) is 1. The number of hydrogen-bond acceptors (Lipinski definition) is 3. The Kier molecular flexibility index (Phi) is 3.84. The Labute approximate surface area is 108 Å². The van der Waals surface area contributed by atoms with Crippen molar-refractivity contribution in [1.82, 2.24) is 4.31 Å². The largest absolute Gasteiger partial charge is 0.416 e. The highest BCUT2D eigenvalue weighted by atomic mass is 32.2. The minimum atomic E-state index is -4.56. The quantitative estimate of drug-likeness (QED) is 0.834. The van der Waals surface area contributed by atoms with Crippen molar-refractivity contribution in [3.05, 3.63) is 29.8 Å². The van der Waals surface area contributed by atoms with Crippen molar-refractivity contribution in [2.24, 2.45) is 0 Å². The van der Waals surface area contributed by atoms with E-state index in [1.54, 1.807) is 0 Å². The highest BCUT2D eigenvalue weighted by molar-refractivity contribution is 7.89. The predicted molar refractivity (Wildman–Crippen MR) is 61.0 cm³/mol. The summed E-state index contributed by atoms with van der Waals surface area (Å²) in [5, 5.41) is 0. The third-order valence-corrected chi connectivity index (χ3v) is 4.66. The molecule has 1 fully saturated rings. The van der Waals surface area contributed by atoms with Gasteiger partial charge in [-0.1, -0.05) is 6.07 Å². The molecule has 0 amide bonds. The Morgan fingerprint density at radius 3 is 2.37 bits per heavy atom. The van der Waals surface area contributed by atoms with E-state index >= 15 is 0 Å². The van der Waals surface area contributed by atoms with Crippen molar-refractivity contribution in [3.63, 3.8) is 0 Å². The van der Waals surface area contributed by atoms with Gasteiger partial charge in [-0.3, -0.25) is 0 Å². The molecule has 8 heteroatoms. The maximum Gasteiger partial charge on any atom is 0.416 e. The molecule has 0 aliphatic carbocycles. The molecule has 1 heterocycles. The molecule has 1 aromatic carbocycles. The molecule has 19 heavy (non-hydrogen) atoms. The molecule has 1 saturated heterocycles. The highest BCUT2D eigenvalue weighted by Gasteiger charge is 2.33. The molecule has 0 N–H and O–H groups in total. The number of sulfonamides is 1. The molecule has 2 rings (SSSR count). The number of morpholine rings is 1. The molecule has 0 bridgehead atoms. The van der Waals surface area contributed by atoms with Gasteiger partial charge in [-0.05, 0) is 18.2 Å². The van der Waals surface area contributed by atoms with E-state index in [0.717, 1.165) is 16.4 Å². The number of hydrogen-bond donors (Lipinski definition) is 0. The van der Waals surface area contributed by atoms with Crippen LogP contribution in [0.25, 0.3) is 0 Å². The molecule has 1 aliphatic rings. The Morgan fingerprint density at radius 2 is 1.79 bits per heavy atom. The van der Waals surface area contributed by atoms with Crippen LogP contribution in [0, 0.1) is 0 Å². The summed E-state index contributed by atoms with van der Waals surface area (Å²) in [6.07, 6.45) is -4.56. The summed E-state index contributed by atoms with van der Waals surface area (Å²) in [5.74, 6) is 0. The van der Waals surface area contributed by atoms with Crippen LogP contribution >= 0.6 is 0 Å². The molecule has 0 atom stereocenters. The maximum absolute atomic E-state index is 12.6. The number of benzene rings is 1. The summed E-state index contributed by atoms with van der Waals surface area (Å²) in [5.41, 5.74) is -0.971. The maximum atomic E-state index is 12.6. The van der Waals surface area contributed by atoms with Gasteiger partial charge in [-0.15, -0.1) is 0 Å². The van der Waals surface area contributed by atoms with Crippen molar-refractivity contribution in [2.75, 3.05) is 26.3 Å². The van der Waals surface area contributed by atoms with Crippen molar-refractivity contribution in [3.8, 4) is 0 Å². The molecule has 106 valence electrons. The fourth-order valence-corrected chi connectivity index (χ4v) is 3.22. The van der Waals surface area contributed by atoms with Crippen LogP contribution in [0.1, 0.15) is 5.56 Å². The van der Waals surface area contributed by atoms with E-state index in [2.05, 4.69) is 0 Å². The van der Waals surface area contributed by atoms with Crippen molar-refractivity contribution >= 4 is 10.0 Å². The molecule has 1 aliphatic heterocycles. The number of alkyl halides is 3. The van der Waals surface area contributed by atoms with Gasteiger partial charge in [0.05, 0.1) is 23.7 Å². The molecule has 0 radical (unpaired) electrons. The number of rotatable bonds is 2. The third kappa shape index (κ3) is 3.07. The first-order valence-corrected chi connectivity index (χ1v) is 7.01. The summed E-state index contributed by atoms with van der Waals surface area (Å²) in [4.78, 5) is -0.343. The van der Waals surface area contributed by atoms with E-state index < -0.39 is 21.8 Å². The predicted octanol–water partition coefficient (Wildman–Crippen LogP) is 1.73. The fraction of sp³-hybridized carbons (Fsp3) is 0.455. The Bertz CT molecular complexity index is 551. The zero-order valence-electron chi connectivity index (χ0n) is 9.85. The number of halogens is 3. The lowest BCUT2D eigenvalue weighted by atomic mass is 10.2. The molecular weight excluding hydrogens is 283 g/mol. The smallest absolute Gasteiger partial charge is 0.379 e. The van der Waals surface area contributed by atoms with Crippen LogP contribution in [-0.2, 0) is 20.9 Å². The van der Waals surface area contributed by atoms with E-state index in [-0.39, 0.29) is 31.2 Å². The normalized spacial score (nSPS) is 18.5. The van der Waals surface area contributed by atoms with Crippen molar-refractivity contribution in [2.45, 2.75) is 11.1 Å². The topological polar surface area (TPSA) is 46.6 Å². The van der Waals surface area contributed by atoms with Crippen LogP contribution in [-0.4, -0.2) is 39.0 Å². The van der Waals surface area contributed by atoms with Gasteiger partial charge < -0.3 is 4.74 Å². The summed E-state index contributed by atoms with van der Waals surface area (Å²) in [6, 6.07) is 3.76. The molecule has 0 aromatic heterocycles. The average molecular weight is 295 g/mol. The van der Waals surface area contributed by atoms with Gasteiger partial charge in [-0.2, -0.15) is 17.5 Å². The summed E-state index contributed by atoms with van der Waals surface area (Å²) >= 11 is 0. The van der Waals surface area contributed by atoms with Gasteiger partial charge in [0, 0.05) is 13.1 Å². The van der Waals surface area contributed by atoms with E-state index in [0.29, 0.717) is 6.07 Å². The average Bonchev–Trinajstić information content (AvgIpc) is 2.39. The van der Waals surface area contributed by atoms with Crippen molar-refractivity contribution in [1.29, 1.82) is 0 Å². The lowest BCUT2D eigenvalue weighted by Gasteiger charge is -2.26. The fourth-order valence-electron chi connectivity index (χ4n) is 1.77. The SMILES string of the molecule is O=S(=O)(c1cccc(C(F)(F)F)c1)N1CCOCC1. The second-order valence-corrected chi connectivity index (χ2v) is 5.98. The van der Waals surface area contributed by atoms with E-state index in [1.807, 2.05) is 0 Å². The molecule has 0 unspecified atom stereocenters. The van der Waals surface area contributed by atoms with Crippen LogP contribution in [0.2, 0.25) is 0 Å². The van der Waals surface area contributed by atoms with Crippen molar-refractivity contribution < 1.29 is 26.3 Å². The molecule has 1 aromatic rings. The summed E-state index contributed by atoms with van der Waals surface area (Å²) in [6.45, 7) is 0.799. The summed E-state index contributed by atoms with van der Waals surface area (Å²) in [7, 11) is -3.89. The van der Waals surface area contributed by atoms with Crippen LogP contribution < -0.4 is 0 Å². The third-order valence-electron chi connectivity index (χ3n) is 2.77. The van der Waals surface area contributed by atoms with Gasteiger partial charge in [0.1, 0.15) is 0 Å². The highest BCUT2D eigenvalue weighted by Crippen LogP contribution is 2.31. The van der Waals surface area contributed by atoms with Crippen LogP contribution in [0.5, 0.6) is 0 Å². The lowest BCUT2D eigenvalue weighted by Crippen LogP contribution is -2.40. The van der Waals surface area contributed by atoms with E-state index in [9.17, 15) is 21.6 Å². The first kappa shape index (κ1) is 14.3. The van der Waals surface area contributed by atoms with Gasteiger partial charge in [0.25, 0.3) is 0 Å². The van der Waals surface area contributed by atoms with Gasteiger partial charge >= 0.3 is 6.18 Å². The van der Waals surface area contributed by atoms with E-state index in [1.165, 1.54) is 6.07 Å². The summed E-state index contributed by atoms with van der Waals surface area (Å²) < 4.78 is 68.2. The molecule has 4 nitrogen and oxygen atoms in total. The standard InChI is InChI=1S/C11H12F3NO3S/c12-11(13,14)9-2-1-3-10(8-9)19(16,17)15-4-6-18-7-5-15/h1-3,8H,4-7H2.